The van der Waals surface area contributed by atoms with Crippen molar-refractivity contribution in [3.05, 3.63) is 29.8 Å². The molecule has 0 saturated carbocycles. The number of hydrogen-bond acceptors (Lipinski definition) is 5. The molecule has 146 valence electrons. The van der Waals surface area contributed by atoms with Crippen LogP contribution in [0.15, 0.2) is 24.3 Å². The van der Waals surface area contributed by atoms with Gasteiger partial charge in [0.2, 0.25) is 10.0 Å². The number of amides is 2. The Labute approximate surface area is 150 Å². The molecule has 2 N–H and O–H groups in total. The van der Waals surface area contributed by atoms with Crippen molar-refractivity contribution in [2.75, 3.05) is 38.6 Å². The standard InChI is InChI=1S/C15H21F2N3O5S/c16-14(17)25-13-4-2-1-3-12(13)11-19-15(21)18-5-10-26(22,23)20-6-8-24-9-7-20/h1-4,14H,5-11H2,(H2,18,19,21). The van der Waals surface area contributed by atoms with Crippen molar-refractivity contribution in [1.82, 2.24) is 14.9 Å². The van der Waals surface area contributed by atoms with E-state index in [9.17, 15) is 22.0 Å². The van der Waals surface area contributed by atoms with Gasteiger partial charge < -0.3 is 20.1 Å². The highest BCUT2D eigenvalue weighted by molar-refractivity contribution is 7.89. The number of rotatable bonds is 8. The van der Waals surface area contributed by atoms with Crippen molar-refractivity contribution in [3.63, 3.8) is 0 Å². The third-order valence-corrected chi connectivity index (χ3v) is 5.51. The van der Waals surface area contributed by atoms with Crippen LogP contribution in [-0.2, 0) is 21.3 Å². The molecule has 1 fully saturated rings. The highest BCUT2D eigenvalue weighted by Crippen LogP contribution is 2.19. The van der Waals surface area contributed by atoms with E-state index in [1.165, 1.54) is 16.4 Å². The number of benzene rings is 1. The van der Waals surface area contributed by atoms with Gasteiger partial charge in [-0.25, -0.2) is 13.2 Å². The van der Waals surface area contributed by atoms with E-state index in [2.05, 4.69) is 15.4 Å². The first-order chi connectivity index (χ1) is 12.4. The number of hydrogen-bond donors (Lipinski definition) is 2. The summed E-state index contributed by atoms with van der Waals surface area (Å²) >= 11 is 0. The van der Waals surface area contributed by atoms with Gasteiger partial charge in [0.15, 0.2) is 0 Å². The van der Waals surface area contributed by atoms with E-state index >= 15 is 0 Å². The number of nitrogens with one attached hydrogen (secondary N) is 2. The number of ether oxygens (including phenoxy) is 2. The van der Waals surface area contributed by atoms with Gasteiger partial charge in [0.05, 0.1) is 19.0 Å². The van der Waals surface area contributed by atoms with Crippen LogP contribution in [0.2, 0.25) is 0 Å². The normalized spacial score (nSPS) is 15.7. The Morgan fingerprint density at radius 2 is 1.92 bits per heavy atom. The van der Waals surface area contributed by atoms with E-state index in [1.54, 1.807) is 12.1 Å². The Morgan fingerprint density at radius 1 is 1.23 bits per heavy atom. The van der Waals surface area contributed by atoms with Crippen LogP contribution in [0.25, 0.3) is 0 Å². The molecule has 0 radical (unpaired) electrons. The number of carbonyl (C=O) groups excluding carboxylic acids is 1. The molecule has 11 heteroatoms. The highest BCUT2D eigenvalue weighted by Gasteiger charge is 2.23. The maximum absolute atomic E-state index is 12.3. The lowest BCUT2D eigenvalue weighted by Crippen LogP contribution is -2.44. The molecule has 1 aromatic carbocycles. The molecule has 26 heavy (non-hydrogen) atoms. The number of urea groups is 1. The molecule has 1 aliphatic rings. The first-order valence-electron chi connectivity index (χ1n) is 7.98. The van der Waals surface area contributed by atoms with Crippen molar-refractivity contribution < 1.29 is 31.5 Å². The molecule has 0 unspecified atom stereocenters. The fourth-order valence-corrected chi connectivity index (χ4v) is 3.67. The molecule has 1 aromatic rings. The average molecular weight is 393 g/mol. The van der Waals surface area contributed by atoms with E-state index in [-0.39, 0.29) is 24.6 Å². The number of nitrogens with zero attached hydrogens (tertiary/aromatic N) is 1. The van der Waals surface area contributed by atoms with E-state index in [1.807, 2.05) is 0 Å². The summed E-state index contributed by atoms with van der Waals surface area (Å²) in [6, 6.07) is 5.48. The van der Waals surface area contributed by atoms with Gasteiger partial charge in [-0.2, -0.15) is 13.1 Å². The van der Waals surface area contributed by atoms with Crippen molar-refractivity contribution in [3.8, 4) is 5.75 Å². The van der Waals surface area contributed by atoms with Crippen LogP contribution in [0.3, 0.4) is 0 Å². The van der Waals surface area contributed by atoms with Crippen LogP contribution < -0.4 is 15.4 Å². The van der Waals surface area contributed by atoms with E-state index in [0.29, 0.717) is 31.9 Å². The van der Waals surface area contributed by atoms with Crippen molar-refractivity contribution in [2.24, 2.45) is 0 Å². The SMILES string of the molecule is O=C(NCCS(=O)(=O)N1CCOCC1)NCc1ccccc1OC(F)F. The first-order valence-corrected chi connectivity index (χ1v) is 9.59. The smallest absolute Gasteiger partial charge is 0.387 e. The molecule has 1 heterocycles. The number of morpholine rings is 1. The molecule has 2 rings (SSSR count). The predicted octanol–water partition coefficient (Wildman–Crippen LogP) is 0.749. The monoisotopic (exact) mass is 393 g/mol. The first kappa shape index (κ1) is 20.3. The Balaban J connectivity index is 1.76. The van der Waals surface area contributed by atoms with E-state index < -0.39 is 22.7 Å². The largest absolute Gasteiger partial charge is 0.434 e. The molecule has 1 aliphatic heterocycles. The molecule has 0 bridgehead atoms. The summed E-state index contributed by atoms with van der Waals surface area (Å²) in [6.07, 6.45) is 0. The van der Waals surface area contributed by atoms with Gasteiger partial charge in [-0.05, 0) is 6.07 Å². The van der Waals surface area contributed by atoms with Gasteiger partial charge in [0, 0.05) is 31.7 Å². The number of halogens is 2. The summed E-state index contributed by atoms with van der Waals surface area (Å²) < 4.78 is 59.7. The van der Waals surface area contributed by atoms with Gasteiger partial charge >= 0.3 is 12.6 Å². The lowest BCUT2D eigenvalue weighted by Gasteiger charge is -2.26. The lowest BCUT2D eigenvalue weighted by molar-refractivity contribution is -0.0504. The Hall–Kier alpha value is -1.98. The van der Waals surface area contributed by atoms with Crippen LogP contribution >= 0.6 is 0 Å². The number of sulfonamides is 1. The third kappa shape index (κ3) is 6.39. The zero-order chi connectivity index (χ0) is 19.0. The van der Waals surface area contributed by atoms with Gasteiger partial charge in [-0.3, -0.25) is 0 Å². The minimum Gasteiger partial charge on any atom is -0.434 e. The lowest BCUT2D eigenvalue weighted by atomic mass is 10.2. The molecule has 2 amide bonds. The van der Waals surface area contributed by atoms with Gasteiger partial charge in [-0.15, -0.1) is 0 Å². The summed E-state index contributed by atoms with van der Waals surface area (Å²) in [4.78, 5) is 11.8. The molecular weight excluding hydrogens is 372 g/mol. The van der Waals surface area contributed by atoms with Crippen LogP contribution in [0.4, 0.5) is 13.6 Å². The zero-order valence-electron chi connectivity index (χ0n) is 14.0. The molecule has 0 aromatic heterocycles. The quantitative estimate of drug-likeness (QED) is 0.679. The fraction of sp³-hybridized carbons (Fsp3) is 0.533. The minimum atomic E-state index is -3.46. The predicted molar refractivity (Wildman–Crippen MR) is 89.5 cm³/mol. The van der Waals surface area contributed by atoms with Crippen LogP contribution in [0.1, 0.15) is 5.56 Å². The van der Waals surface area contributed by atoms with Crippen LogP contribution in [-0.4, -0.2) is 64.0 Å². The zero-order valence-corrected chi connectivity index (χ0v) is 14.8. The topological polar surface area (TPSA) is 97.0 Å². The Morgan fingerprint density at radius 3 is 2.62 bits per heavy atom. The molecule has 8 nitrogen and oxygen atoms in total. The summed E-state index contributed by atoms with van der Waals surface area (Å²) in [7, 11) is -3.46. The number of para-hydroxylation sites is 1. The Bertz CT molecular complexity index is 696. The van der Waals surface area contributed by atoms with E-state index in [0.717, 1.165) is 0 Å². The maximum Gasteiger partial charge on any atom is 0.387 e. The third-order valence-electron chi connectivity index (χ3n) is 3.64. The fourth-order valence-electron chi connectivity index (χ4n) is 2.35. The summed E-state index contributed by atoms with van der Waals surface area (Å²) in [6.45, 7) is -1.76. The summed E-state index contributed by atoms with van der Waals surface area (Å²) in [5, 5.41) is 4.91. The second kappa shape index (κ2) is 9.64. The van der Waals surface area contributed by atoms with Crippen LogP contribution in [0.5, 0.6) is 5.75 Å². The molecule has 1 saturated heterocycles. The number of alkyl halides is 2. The second-order valence-electron chi connectivity index (χ2n) is 5.42. The summed E-state index contributed by atoms with van der Waals surface area (Å²) in [5.41, 5.74) is 0.379. The molecule has 0 spiro atoms. The van der Waals surface area contributed by atoms with E-state index in [4.69, 9.17) is 4.74 Å². The molecule has 0 atom stereocenters. The second-order valence-corrected chi connectivity index (χ2v) is 7.51. The highest BCUT2D eigenvalue weighted by atomic mass is 32.2. The van der Waals surface area contributed by atoms with Crippen molar-refractivity contribution in [1.29, 1.82) is 0 Å². The van der Waals surface area contributed by atoms with Gasteiger partial charge in [0.1, 0.15) is 5.75 Å². The summed E-state index contributed by atoms with van der Waals surface area (Å²) in [5.74, 6) is -0.261. The number of carbonyl (C=O) groups is 1. The molecule has 0 aliphatic carbocycles. The van der Waals surface area contributed by atoms with Gasteiger partial charge in [-0.1, -0.05) is 18.2 Å². The maximum atomic E-state index is 12.3. The average Bonchev–Trinajstić information content (AvgIpc) is 2.61. The van der Waals surface area contributed by atoms with Crippen molar-refractivity contribution in [2.45, 2.75) is 13.2 Å². The molecular formula is C15H21F2N3O5S. The Kier molecular flexibility index (Phi) is 7.54. The minimum absolute atomic E-state index is 0.0299. The van der Waals surface area contributed by atoms with Gasteiger partial charge in [0.25, 0.3) is 0 Å². The van der Waals surface area contributed by atoms with Crippen molar-refractivity contribution >= 4 is 16.1 Å². The van der Waals surface area contributed by atoms with Crippen LogP contribution in [0, 0.1) is 0 Å².